The Bertz CT molecular complexity index is 1730. The average Bonchev–Trinajstić information content (AvgIpc) is 3.51. The lowest BCUT2D eigenvalue weighted by atomic mass is 9.96. The van der Waals surface area contributed by atoms with Gasteiger partial charge < -0.3 is 24.3 Å². The fourth-order valence-electron chi connectivity index (χ4n) is 6.54. The third-order valence-electron chi connectivity index (χ3n) is 7.92. The summed E-state index contributed by atoms with van der Waals surface area (Å²) in [6, 6.07) is 15.8. The van der Waals surface area contributed by atoms with Crippen LogP contribution in [0.3, 0.4) is 0 Å². The summed E-state index contributed by atoms with van der Waals surface area (Å²) in [4.78, 5) is 17.9. The van der Waals surface area contributed by atoms with Crippen molar-refractivity contribution in [3.63, 3.8) is 0 Å². The number of rotatable bonds is 1. The smallest absolute Gasteiger partial charge is 0.252 e. The maximum Gasteiger partial charge on any atom is 0.252 e. The van der Waals surface area contributed by atoms with E-state index in [-0.39, 0.29) is 12.3 Å². The lowest BCUT2D eigenvalue weighted by Crippen LogP contribution is -2.51. The molecule has 0 radical (unpaired) electrons. The van der Waals surface area contributed by atoms with Gasteiger partial charge in [-0.25, -0.2) is 5.26 Å². The summed E-state index contributed by atoms with van der Waals surface area (Å²) < 4.78 is 10.6. The van der Waals surface area contributed by atoms with Crippen LogP contribution in [0, 0.1) is 0 Å². The van der Waals surface area contributed by atoms with Gasteiger partial charge >= 0.3 is 0 Å². The number of aromatic nitrogens is 2. The van der Waals surface area contributed by atoms with E-state index < -0.39 is 17.7 Å². The highest BCUT2D eigenvalue weighted by molar-refractivity contribution is 6.31. The number of carbonyl (C=O) groups excluding carboxylic acids is 1. The van der Waals surface area contributed by atoms with Gasteiger partial charge in [-0.1, -0.05) is 36.4 Å². The van der Waals surface area contributed by atoms with Gasteiger partial charge in [0, 0.05) is 28.1 Å². The minimum Gasteiger partial charge on any atom is -0.359 e. The van der Waals surface area contributed by atoms with Gasteiger partial charge in [0.25, 0.3) is 11.7 Å². The first-order valence-corrected chi connectivity index (χ1v) is 11.0. The minimum absolute atomic E-state index is 0.0183. The molecule has 0 saturated carbocycles. The van der Waals surface area contributed by atoms with Crippen LogP contribution in [0.5, 0.6) is 0 Å². The van der Waals surface area contributed by atoms with Crippen LogP contribution in [0.4, 0.5) is 0 Å². The average molecular weight is 441 g/mol. The van der Waals surface area contributed by atoms with Gasteiger partial charge in [0.1, 0.15) is 6.23 Å². The molecule has 8 nitrogen and oxygen atoms in total. The van der Waals surface area contributed by atoms with Crippen molar-refractivity contribution in [2.45, 2.75) is 37.6 Å². The molecule has 33 heavy (non-hydrogen) atoms. The molecule has 3 N–H and O–H groups in total. The highest BCUT2D eigenvalue weighted by atomic mass is 17.1. The Labute approximate surface area is 186 Å². The van der Waals surface area contributed by atoms with Crippen molar-refractivity contribution in [3.05, 3.63) is 59.7 Å². The molecule has 1 unspecified atom stereocenters. The molecular weight excluding hydrogens is 422 g/mol. The largest absolute Gasteiger partial charge is 0.359 e. The van der Waals surface area contributed by atoms with Crippen molar-refractivity contribution >= 4 is 49.5 Å². The molecule has 2 aromatic heterocycles. The van der Waals surface area contributed by atoms with Crippen molar-refractivity contribution in [1.82, 2.24) is 14.5 Å². The number of nitrogens with zero attached hydrogens (tertiary/aromatic N) is 2. The Morgan fingerprint density at radius 1 is 1.06 bits per heavy atom. The molecule has 8 rings (SSSR count). The van der Waals surface area contributed by atoms with Crippen LogP contribution >= 0.6 is 0 Å². The number of nitrogens with one attached hydrogen (secondary N) is 1. The number of aliphatic hydroxyl groups is 1. The van der Waals surface area contributed by atoms with Gasteiger partial charge in [-0.05, 0) is 24.6 Å². The molecule has 8 heteroatoms. The highest BCUT2D eigenvalue weighted by Crippen LogP contribution is 2.57. The monoisotopic (exact) mass is 441 g/mol. The number of hydrogen-bond donors (Lipinski definition) is 3. The van der Waals surface area contributed by atoms with Crippen molar-refractivity contribution < 1.29 is 24.8 Å². The number of hydrogen-bond acceptors (Lipinski definition) is 5. The van der Waals surface area contributed by atoms with E-state index >= 15 is 0 Å². The molecule has 3 aliphatic rings. The van der Waals surface area contributed by atoms with E-state index in [4.69, 9.17) is 9.62 Å². The molecule has 164 valence electrons. The molecule has 2 bridgehead atoms. The predicted molar refractivity (Wildman–Crippen MR) is 121 cm³/mol. The van der Waals surface area contributed by atoms with E-state index in [9.17, 15) is 15.2 Å². The van der Waals surface area contributed by atoms with Crippen LogP contribution in [0.15, 0.2) is 48.5 Å². The Kier molecular flexibility index (Phi) is 2.94. The second kappa shape index (κ2) is 5.37. The molecule has 3 aliphatic heterocycles. The van der Waals surface area contributed by atoms with Gasteiger partial charge in [-0.15, -0.1) is 0 Å². The maximum absolute atomic E-state index is 13.1. The molecular formula is C25H19N3O5. The molecule has 5 heterocycles. The minimum atomic E-state index is -1.98. The number of carbonyl (C=O) groups is 1. The van der Waals surface area contributed by atoms with E-state index in [1.807, 2.05) is 53.1 Å². The molecule has 1 saturated heterocycles. The lowest BCUT2D eigenvalue weighted by molar-refractivity contribution is -0.431. The summed E-state index contributed by atoms with van der Waals surface area (Å²) >= 11 is 0. The fourth-order valence-corrected chi connectivity index (χ4v) is 6.54. The first-order chi connectivity index (χ1) is 16.0. The van der Waals surface area contributed by atoms with E-state index in [1.54, 1.807) is 6.92 Å². The van der Waals surface area contributed by atoms with E-state index in [0.29, 0.717) is 12.1 Å². The summed E-state index contributed by atoms with van der Waals surface area (Å²) in [5, 5.41) is 28.2. The summed E-state index contributed by atoms with van der Waals surface area (Å²) in [5.74, 6) is -2.06. The van der Waals surface area contributed by atoms with Gasteiger partial charge in [0.2, 0.25) is 5.72 Å². The van der Waals surface area contributed by atoms with Crippen molar-refractivity contribution in [1.29, 1.82) is 0 Å². The molecule has 3 aromatic carbocycles. The Morgan fingerprint density at radius 2 is 1.76 bits per heavy atom. The normalized spacial score (nSPS) is 27.8. The van der Waals surface area contributed by atoms with Crippen LogP contribution in [-0.4, -0.2) is 31.2 Å². The number of para-hydroxylation sites is 2. The SMILES string of the molecule is C[C@]12OC(C[C@]1(O)OO)n1c3ccccc3c3c4c(c5c6ccccc6n2c5c31)CNC4=O. The topological polar surface area (TPSA) is 97.9 Å². The van der Waals surface area contributed by atoms with Crippen molar-refractivity contribution in [3.8, 4) is 0 Å². The zero-order valence-electron chi connectivity index (χ0n) is 17.6. The third-order valence-corrected chi connectivity index (χ3v) is 7.92. The van der Waals surface area contributed by atoms with Crippen LogP contribution in [-0.2, 0) is 21.9 Å². The molecule has 5 aromatic rings. The van der Waals surface area contributed by atoms with Crippen LogP contribution < -0.4 is 5.32 Å². The van der Waals surface area contributed by atoms with Crippen molar-refractivity contribution in [2.24, 2.45) is 0 Å². The van der Waals surface area contributed by atoms with Gasteiger partial charge in [-0.3, -0.25) is 4.79 Å². The summed E-state index contributed by atoms with van der Waals surface area (Å²) in [7, 11) is 0. The van der Waals surface area contributed by atoms with Crippen LogP contribution in [0.25, 0.3) is 43.6 Å². The van der Waals surface area contributed by atoms with Crippen LogP contribution in [0.1, 0.15) is 35.5 Å². The lowest BCUT2D eigenvalue weighted by Gasteiger charge is -2.36. The number of benzene rings is 3. The molecule has 3 atom stereocenters. The first kappa shape index (κ1) is 18.0. The predicted octanol–water partition coefficient (Wildman–Crippen LogP) is 3.93. The molecule has 1 fully saturated rings. The number of amides is 1. The standard InChI is InChI=1S/C25H19N3O5/c1-24-25(30,33-31)10-17(32-24)27-15-8-4-2-6-12(15)19-20-14(11-26-23(20)29)18-13-7-3-5-9-16(13)28(24)22(18)21(19)27/h2-9,17,30-31H,10-11H2,1H3,(H,26,29)/t17?,24-,25-/m0/s1. The highest BCUT2D eigenvalue weighted by Gasteiger charge is 2.63. The summed E-state index contributed by atoms with van der Waals surface area (Å²) in [6.45, 7) is 2.17. The fraction of sp³-hybridized carbons (Fsp3) is 0.240. The third kappa shape index (κ3) is 1.74. The zero-order valence-corrected chi connectivity index (χ0v) is 17.6. The number of fused-ring (bicyclic) bond motifs is 13. The second-order valence-corrected chi connectivity index (χ2v) is 9.36. The molecule has 0 aliphatic carbocycles. The van der Waals surface area contributed by atoms with E-state index in [2.05, 4.69) is 9.88 Å². The maximum atomic E-state index is 13.1. The van der Waals surface area contributed by atoms with E-state index in [0.717, 1.165) is 49.2 Å². The van der Waals surface area contributed by atoms with Gasteiger partial charge in [0.05, 0.1) is 34.1 Å². The Morgan fingerprint density at radius 3 is 2.52 bits per heavy atom. The second-order valence-electron chi connectivity index (χ2n) is 9.36. The van der Waals surface area contributed by atoms with E-state index in [1.165, 1.54) is 0 Å². The quantitative estimate of drug-likeness (QED) is 0.208. The van der Waals surface area contributed by atoms with Crippen LogP contribution in [0.2, 0.25) is 0 Å². The molecule has 1 amide bonds. The summed E-state index contributed by atoms with van der Waals surface area (Å²) in [5.41, 5.74) is 3.71. The number of ether oxygens (including phenoxy) is 1. The summed E-state index contributed by atoms with van der Waals surface area (Å²) in [6.07, 6.45) is -0.594. The van der Waals surface area contributed by atoms with Gasteiger partial charge in [-0.2, -0.15) is 4.89 Å². The van der Waals surface area contributed by atoms with Crippen molar-refractivity contribution in [2.75, 3.05) is 0 Å². The zero-order chi connectivity index (χ0) is 22.3. The molecule has 0 spiro atoms. The first-order valence-electron chi connectivity index (χ1n) is 11.0. The van der Waals surface area contributed by atoms with Gasteiger partial charge in [0.15, 0.2) is 0 Å². The Hall–Kier alpha value is -3.43. The Balaban J connectivity index is 1.78.